The van der Waals surface area contributed by atoms with Crippen molar-refractivity contribution in [2.24, 2.45) is 0 Å². The molecule has 2 heterocycles. The van der Waals surface area contributed by atoms with E-state index in [1.807, 2.05) is 11.8 Å². The third-order valence-electron chi connectivity index (χ3n) is 3.43. The molecule has 0 aliphatic carbocycles. The Kier molecular flexibility index (Phi) is 7.25. The molecule has 1 unspecified atom stereocenters. The van der Waals surface area contributed by atoms with Gasteiger partial charge >= 0.3 is 0 Å². The first-order valence-electron chi connectivity index (χ1n) is 7.27. The smallest absolute Gasteiger partial charge is 0.186 e. The van der Waals surface area contributed by atoms with Gasteiger partial charge in [0, 0.05) is 56.3 Å². The molecule has 1 aromatic rings. The minimum absolute atomic E-state index is 0.555. The minimum Gasteiger partial charge on any atom is -0.383 e. The van der Waals surface area contributed by atoms with E-state index in [9.17, 15) is 0 Å². The fraction of sp³-hybridized carbons (Fsp3) is 0.786. The number of thioether (sulfide) groups is 1. The predicted octanol–water partition coefficient (Wildman–Crippen LogP) is 1.97. The van der Waals surface area contributed by atoms with Gasteiger partial charge in [0.15, 0.2) is 5.13 Å². The number of hydrogen-bond acceptors (Lipinski definition) is 7. The molecule has 0 radical (unpaired) electrons. The van der Waals surface area contributed by atoms with E-state index >= 15 is 0 Å². The molecular formula is C14H25N3O2S2. The van der Waals surface area contributed by atoms with E-state index < -0.39 is 0 Å². The number of aromatic nitrogens is 1. The molecule has 1 atom stereocenters. The largest absolute Gasteiger partial charge is 0.383 e. The van der Waals surface area contributed by atoms with E-state index in [1.54, 1.807) is 25.6 Å². The average molecular weight is 332 g/mol. The number of anilines is 1. The minimum atomic E-state index is 0.555. The summed E-state index contributed by atoms with van der Waals surface area (Å²) >= 11 is 3.82. The van der Waals surface area contributed by atoms with Crippen molar-refractivity contribution in [1.82, 2.24) is 10.3 Å². The van der Waals surface area contributed by atoms with Crippen LogP contribution in [0.15, 0.2) is 0 Å². The zero-order valence-corrected chi connectivity index (χ0v) is 14.7. The van der Waals surface area contributed by atoms with Crippen LogP contribution in [0.4, 0.5) is 5.13 Å². The fourth-order valence-electron chi connectivity index (χ4n) is 2.27. The van der Waals surface area contributed by atoms with Crippen molar-refractivity contribution in [3.8, 4) is 0 Å². The first-order valence-corrected chi connectivity index (χ1v) is 9.25. The maximum Gasteiger partial charge on any atom is 0.186 e. The van der Waals surface area contributed by atoms with Crippen molar-refractivity contribution in [3.63, 3.8) is 0 Å². The number of methoxy groups -OCH3 is 2. The van der Waals surface area contributed by atoms with Crippen molar-refractivity contribution < 1.29 is 9.47 Å². The Labute approximate surface area is 135 Å². The van der Waals surface area contributed by atoms with E-state index in [1.165, 1.54) is 16.4 Å². The highest BCUT2D eigenvalue weighted by Crippen LogP contribution is 2.31. The number of rotatable bonds is 8. The maximum atomic E-state index is 5.29. The Morgan fingerprint density at radius 1 is 1.38 bits per heavy atom. The van der Waals surface area contributed by atoms with Gasteiger partial charge in [-0.15, -0.1) is 11.3 Å². The predicted molar refractivity (Wildman–Crippen MR) is 90.5 cm³/mol. The van der Waals surface area contributed by atoms with Crippen LogP contribution in [0.3, 0.4) is 0 Å². The molecule has 1 N–H and O–H groups in total. The molecule has 0 saturated carbocycles. The van der Waals surface area contributed by atoms with E-state index in [-0.39, 0.29) is 0 Å². The Hall–Kier alpha value is -0.340. The first kappa shape index (κ1) is 17.0. The normalized spacial score (nSPS) is 19.2. The number of hydrogen-bond donors (Lipinski definition) is 1. The van der Waals surface area contributed by atoms with Gasteiger partial charge in [0.05, 0.1) is 18.9 Å². The molecule has 7 heteroatoms. The average Bonchev–Trinajstić information content (AvgIpc) is 2.87. The summed E-state index contributed by atoms with van der Waals surface area (Å²) in [5.74, 6) is 2.37. The van der Waals surface area contributed by atoms with Crippen LogP contribution in [0.1, 0.15) is 17.5 Å². The molecule has 1 saturated heterocycles. The molecule has 1 fully saturated rings. The number of nitrogens with one attached hydrogen (secondary N) is 1. The zero-order valence-electron chi connectivity index (χ0n) is 13.1. The molecule has 5 nitrogen and oxygen atoms in total. The Morgan fingerprint density at radius 2 is 2.24 bits per heavy atom. The molecule has 2 rings (SSSR count). The first-order chi connectivity index (χ1) is 10.3. The molecule has 0 bridgehead atoms. The SMILES string of the molecule is COCCNCc1sc(N2CCSCC2C)nc1COC. The van der Waals surface area contributed by atoms with E-state index in [0.717, 1.165) is 37.1 Å². The number of ether oxygens (including phenoxy) is 2. The molecule has 0 spiro atoms. The van der Waals surface area contributed by atoms with Crippen molar-refractivity contribution in [3.05, 3.63) is 10.6 Å². The van der Waals surface area contributed by atoms with Crippen molar-refractivity contribution >= 4 is 28.2 Å². The van der Waals surface area contributed by atoms with Crippen molar-refractivity contribution in [2.75, 3.05) is 50.3 Å². The Balaban J connectivity index is 2.04. The monoisotopic (exact) mass is 331 g/mol. The second-order valence-electron chi connectivity index (χ2n) is 5.09. The fourth-order valence-corrected chi connectivity index (χ4v) is 4.44. The number of nitrogens with zero attached hydrogens (tertiary/aromatic N) is 2. The van der Waals surface area contributed by atoms with Crippen LogP contribution in [-0.4, -0.2) is 56.4 Å². The van der Waals surface area contributed by atoms with Gasteiger partial charge in [-0.3, -0.25) is 0 Å². The summed E-state index contributed by atoms with van der Waals surface area (Å²) in [5.41, 5.74) is 1.06. The Morgan fingerprint density at radius 3 is 2.95 bits per heavy atom. The van der Waals surface area contributed by atoms with Crippen LogP contribution in [-0.2, 0) is 22.6 Å². The topological polar surface area (TPSA) is 46.6 Å². The molecular weight excluding hydrogens is 306 g/mol. The summed E-state index contributed by atoms with van der Waals surface area (Å²) in [6.07, 6.45) is 0. The summed E-state index contributed by atoms with van der Waals surface area (Å²) < 4.78 is 10.4. The molecule has 0 aromatic carbocycles. The van der Waals surface area contributed by atoms with Crippen LogP contribution in [0.2, 0.25) is 0 Å². The molecule has 1 aliphatic heterocycles. The van der Waals surface area contributed by atoms with Crippen LogP contribution < -0.4 is 10.2 Å². The summed E-state index contributed by atoms with van der Waals surface area (Å²) in [5, 5.41) is 4.53. The van der Waals surface area contributed by atoms with Gasteiger partial charge < -0.3 is 19.7 Å². The van der Waals surface area contributed by atoms with Gasteiger partial charge in [0.1, 0.15) is 0 Å². The quantitative estimate of drug-likeness (QED) is 0.735. The van der Waals surface area contributed by atoms with Crippen LogP contribution in [0.5, 0.6) is 0 Å². The lowest BCUT2D eigenvalue weighted by molar-refractivity contribution is 0.181. The van der Waals surface area contributed by atoms with Gasteiger partial charge in [-0.05, 0) is 6.92 Å². The van der Waals surface area contributed by atoms with Gasteiger partial charge in [0.25, 0.3) is 0 Å². The second kappa shape index (κ2) is 8.95. The Bertz CT molecular complexity index is 428. The molecule has 120 valence electrons. The van der Waals surface area contributed by atoms with Crippen molar-refractivity contribution in [1.29, 1.82) is 0 Å². The maximum absolute atomic E-state index is 5.29. The molecule has 1 aliphatic rings. The third-order valence-corrected chi connectivity index (χ3v) is 5.75. The van der Waals surface area contributed by atoms with E-state index in [0.29, 0.717) is 12.6 Å². The molecule has 1 aromatic heterocycles. The summed E-state index contributed by atoms with van der Waals surface area (Å²) in [7, 11) is 3.44. The highest BCUT2D eigenvalue weighted by molar-refractivity contribution is 7.99. The van der Waals surface area contributed by atoms with Gasteiger partial charge in [-0.1, -0.05) is 0 Å². The van der Waals surface area contributed by atoms with Crippen LogP contribution in [0, 0.1) is 0 Å². The van der Waals surface area contributed by atoms with E-state index in [4.69, 9.17) is 14.5 Å². The lowest BCUT2D eigenvalue weighted by Crippen LogP contribution is -2.40. The van der Waals surface area contributed by atoms with Gasteiger partial charge in [-0.2, -0.15) is 11.8 Å². The molecule has 0 amide bonds. The zero-order chi connectivity index (χ0) is 15.1. The summed E-state index contributed by atoms with van der Waals surface area (Å²) in [4.78, 5) is 8.51. The summed E-state index contributed by atoms with van der Waals surface area (Å²) in [6.45, 7) is 6.35. The highest BCUT2D eigenvalue weighted by Gasteiger charge is 2.23. The van der Waals surface area contributed by atoms with Crippen LogP contribution in [0.25, 0.3) is 0 Å². The van der Waals surface area contributed by atoms with Crippen LogP contribution >= 0.6 is 23.1 Å². The lowest BCUT2D eigenvalue weighted by Gasteiger charge is -2.32. The summed E-state index contributed by atoms with van der Waals surface area (Å²) in [6, 6.07) is 0.555. The van der Waals surface area contributed by atoms with E-state index in [2.05, 4.69) is 17.1 Å². The third kappa shape index (κ3) is 4.82. The lowest BCUT2D eigenvalue weighted by atomic mass is 10.3. The van der Waals surface area contributed by atoms with Crippen molar-refractivity contribution in [2.45, 2.75) is 26.1 Å². The van der Waals surface area contributed by atoms with Gasteiger partial charge in [0.2, 0.25) is 0 Å². The van der Waals surface area contributed by atoms with Gasteiger partial charge in [-0.25, -0.2) is 4.98 Å². The molecule has 21 heavy (non-hydrogen) atoms. The number of thiazole rings is 1. The standard InChI is InChI=1S/C14H25N3O2S2/c1-11-10-20-7-5-17(11)14-16-12(9-19-3)13(21-14)8-15-4-6-18-2/h11,15H,4-10H2,1-3H3. The highest BCUT2D eigenvalue weighted by atomic mass is 32.2. The second-order valence-corrected chi connectivity index (χ2v) is 7.30.